The van der Waals surface area contributed by atoms with Crippen LogP contribution in [0.4, 0.5) is 11.4 Å². The predicted molar refractivity (Wildman–Crippen MR) is 174 cm³/mol. The minimum absolute atomic E-state index is 0.0331. The van der Waals surface area contributed by atoms with E-state index in [9.17, 15) is 20.0 Å². The van der Waals surface area contributed by atoms with Crippen molar-refractivity contribution >= 4 is 17.3 Å². The summed E-state index contributed by atoms with van der Waals surface area (Å²) in [6, 6.07) is 8.91. The molecule has 0 aliphatic rings. The Balaban J connectivity index is 2.33. The Kier molecular flexibility index (Phi) is 15.5. The number of carbonyl (C=O) groups is 1. The van der Waals surface area contributed by atoms with Crippen LogP contribution in [0.3, 0.4) is 0 Å². The van der Waals surface area contributed by atoms with Crippen LogP contribution in [-0.2, 0) is 0 Å². The Morgan fingerprint density at radius 1 is 0.953 bits per heavy atom. The van der Waals surface area contributed by atoms with Gasteiger partial charge in [0.25, 0.3) is 11.5 Å². The molecule has 1 amide bonds. The van der Waals surface area contributed by atoms with Gasteiger partial charge in [-0.05, 0) is 62.3 Å². The number of nitrogens with one attached hydrogen (secondary N) is 1. The van der Waals surface area contributed by atoms with Crippen LogP contribution in [0.2, 0.25) is 0 Å². The molecule has 2 unspecified atom stereocenters. The lowest BCUT2D eigenvalue weighted by atomic mass is 9.95. The molecule has 2 atom stereocenters. The molecule has 43 heavy (non-hydrogen) atoms. The molecule has 0 saturated carbocycles. The zero-order valence-corrected chi connectivity index (χ0v) is 27.2. The number of unbranched alkanes of at least 4 members (excludes halogenated alkanes) is 3. The van der Waals surface area contributed by atoms with Gasteiger partial charge < -0.3 is 15.4 Å². The van der Waals surface area contributed by atoms with Crippen molar-refractivity contribution in [2.75, 3.05) is 25.1 Å². The molecule has 2 rings (SSSR count). The summed E-state index contributed by atoms with van der Waals surface area (Å²) in [6.45, 7) is 14.4. The van der Waals surface area contributed by atoms with Crippen LogP contribution < -0.4 is 11.0 Å². The van der Waals surface area contributed by atoms with Gasteiger partial charge in [-0.15, -0.1) is 5.11 Å². The van der Waals surface area contributed by atoms with Gasteiger partial charge in [0.1, 0.15) is 11.6 Å². The first-order chi connectivity index (χ1) is 20.8. The molecule has 1 heterocycles. The van der Waals surface area contributed by atoms with Gasteiger partial charge in [0.15, 0.2) is 5.69 Å². The van der Waals surface area contributed by atoms with Crippen molar-refractivity contribution in [3.8, 4) is 11.9 Å². The largest absolute Gasteiger partial charge is 0.492 e. The molecular weight excluding hydrogens is 540 g/mol. The highest BCUT2D eigenvalue weighted by molar-refractivity contribution is 5.94. The molecule has 9 heteroatoms. The van der Waals surface area contributed by atoms with E-state index in [1.54, 1.807) is 31.2 Å². The van der Waals surface area contributed by atoms with Gasteiger partial charge in [-0.25, -0.2) is 0 Å². The maximum absolute atomic E-state index is 13.8. The van der Waals surface area contributed by atoms with Crippen molar-refractivity contribution in [3.63, 3.8) is 0 Å². The molecule has 2 aromatic rings. The number of nitrogens with zero attached hydrogens (tertiary/aromatic N) is 5. The molecule has 9 nitrogen and oxygen atoms in total. The van der Waals surface area contributed by atoms with Gasteiger partial charge >= 0.3 is 0 Å². The van der Waals surface area contributed by atoms with Gasteiger partial charge in [-0.2, -0.15) is 15.1 Å². The normalized spacial score (nSPS) is 12.7. The second-order valence-corrected chi connectivity index (χ2v) is 11.5. The van der Waals surface area contributed by atoms with E-state index in [1.165, 1.54) is 12.8 Å². The van der Waals surface area contributed by atoms with Gasteiger partial charge in [-0.3, -0.25) is 9.59 Å². The number of nitriles is 1. The Bertz CT molecular complexity index is 1260. The van der Waals surface area contributed by atoms with Crippen LogP contribution in [0.15, 0.2) is 39.3 Å². The van der Waals surface area contributed by atoms with Crippen LogP contribution in [0.25, 0.3) is 0 Å². The zero-order valence-electron chi connectivity index (χ0n) is 27.2. The molecule has 1 aromatic carbocycles. The van der Waals surface area contributed by atoms with Crippen molar-refractivity contribution in [2.24, 2.45) is 22.1 Å². The van der Waals surface area contributed by atoms with Crippen LogP contribution in [0.5, 0.6) is 5.88 Å². The van der Waals surface area contributed by atoms with Crippen LogP contribution >= 0.6 is 0 Å². The zero-order chi connectivity index (χ0) is 31.8. The lowest BCUT2D eigenvalue weighted by molar-refractivity contribution is 0.0685. The summed E-state index contributed by atoms with van der Waals surface area (Å²) in [6.07, 6.45) is 10.7. The maximum atomic E-state index is 13.8. The first kappa shape index (κ1) is 35.5. The second-order valence-electron chi connectivity index (χ2n) is 11.5. The number of rotatable bonds is 19. The molecule has 0 aliphatic heterocycles. The average Bonchev–Trinajstić information content (AvgIpc) is 3.02. The highest BCUT2D eigenvalue weighted by Crippen LogP contribution is 2.32. The first-order valence-corrected chi connectivity index (χ1v) is 16.2. The molecule has 0 fully saturated rings. The van der Waals surface area contributed by atoms with Crippen molar-refractivity contribution in [1.82, 2.24) is 9.58 Å². The molecule has 0 aliphatic carbocycles. The van der Waals surface area contributed by atoms with Gasteiger partial charge in [0.05, 0.1) is 5.69 Å². The average molecular weight is 593 g/mol. The number of aromatic nitrogens is 1. The molecule has 1 aromatic heterocycles. The Morgan fingerprint density at radius 2 is 1.51 bits per heavy atom. The lowest BCUT2D eigenvalue weighted by Gasteiger charge is -2.31. The topological polar surface area (TPSA) is 123 Å². The summed E-state index contributed by atoms with van der Waals surface area (Å²) < 4.78 is 0.958. The highest BCUT2D eigenvalue weighted by Gasteiger charge is 2.23. The molecule has 236 valence electrons. The van der Waals surface area contributed by atoms with Gasteiger partial charge in [0, 0.05) is 30.8 Å². The lowest BCUT2D eigenvalue weighted by Crippen LogP contribution is -2.39. The fourth-order valence-electron chi connectivity index (χ4n) is 5.19. The van der Waals surface area contributed by atoms with E-state index in [-0.39, 0.29) is 22.7 Å². The number of hydrogen-bond donors (Lipinski definition) is 2. The van der Waals surface area contributed by atoms with E-state index in [0.29, 0.717) is 29.6 Å². The summed E-state index contributed by atoms with van der Waals surface area (Å²) in [5.74, 6) is 0.598. The van der Waals surface area contributed by atoms with E-state index in [1.807, 2.05) is 13.0 Å². The highest BCUT2D eigenvalue weighted by atomic mass is 16.3. The van der Waals surface area contributed by atoms with E-state index >= 15 is 0 Å². The number of amides is 1. The van der Waals surface area contributed by atoms with Crippen LogP contribution in [0, 0.1) is 30.1 Å². The van der Waals surface area contributed by atoms with Crippen LogP contribution in [-0.4, -0.2) is 40.2 Å². The maximum Gasteiger partial charge on any atom is 0.290 e. The molecular formula is C34H52N6O3. The number of azo groups is 1. The van der Waals surface area contributed by atoms with Crippen molar-refractivity contribution in [2.45, 2.75) is 106 Å². The second kappa shape index (κ2) is 18.8. The third kappa shape index (κ3) is 10.2. The number of benzene rings is 1. The van der Waals surface area contributed by atoms with Crippen molar-refractivity contribution in [1.29, 1.82) is 5.26 Å². The third-order valence-corrected chi connectivity index (χ3v) is 8.19. The van der Waals surface area contributed by atoms with E-state index in [0.717, 1.165) is 69.1 Å². The smallest absolute Gasteiger partial charge is 0.290 e. The Labute approximate surface area is 258 Å². The number of hydrogen-bond acceptors (Lipinski definition) is 7. The fourth-order valence-corrected chi connectivity index (χ4v) is 5.19. The summed E-state index contributed by atoms with van der Waals surface area (Å²) in [4.78, 5) is 28.6. The summed E-state index contributed by atoms with van der Waals surface area (Å²) in [5.41, 5.74) is 3.53. The van der Waals surface area contributed by atoms with E-state index in [2.05, 4.69) is 48.2 Å². The van der Waals surface area contributed by atoms with Crippen molar-refractivity contribution in [3.05, 3.63) is 51.3 Å². The molecule has 0 radical (unpaired) electrons. The molecule has 0 saturated heterocycles. The monoisotopic (exact) mass is 592 g/mol. The van der Waals surface area contributed by atoms with E-state index < -0.39 is 11.4 Å². The Morgan fingerprint density at radius 3 is 2.00 bits per heavy atom. The number of pyridine rings is 1. The number of aromatic hydroxyl groups is 1. The fraction of sp³-hybridized carbons (Fsp3) is 0.618. The van der Waals surface area contributed by atoms with Crippen molar-refractivity contribution < 1.29 is 9.90 Å². The Hall–Kier alpha value is -3.67. The summed E-state index contributed by atoms with van der Waals surface area (Å²) >= 11 is 0. The van der Waals surface area contributed by atoms with Gasteiger partial charge in [0.2, 0.25) is 5.88 Å². The van der Waals surface area contributed by atoms with Gasteiger partial charge in [-0.1, -0.05) is 79.6 Å². The number of carbonyl (C=O) groups excluding carboxylic acids is 1. The molecule has 0 spiro atoms. The minimum atomic E-state index is -0.625. The predicted octanol–water partition coefficient (Wildman–Crippen LogP) is 8.37. The summed E-state index contributed by atoms with van der Waals surface area (Å²) in [7, 11) is 0. The first-order valence-electron chi connectivity index (χ1n) is 16.2. The standard InChI is InChI=1S/C34H52N6O3/c1-7-12-15-26(10-4)23-39(24-27(11-5)16-13-8-2)32(41)28-17-19-29(20-18-28)37-38-31-25(6)30(22-35)33(42)40(34(31)43)36-21-14-9-3/h17-20,26-27,36,43H,7-16,21,23-24H2,1-6H3/b38-37+. The molecule has 2 N–H and O–H groups in total. The minimum Gasteiger partial charge on any atom is -0.492 e. The SMILES string of the molecule is CCCCNn1c(O)c(/N=N/c2ccc(C(=O)N(CC(CC)CCCC)CC(CC)CCCC)cc2)c(C)c(C#N)c1=O. The third-order valence-electron chi connectivity index (χ3n) is 8.19. The quantitative estimate of drug-likeness (QED) is 0.125. The molecule has 0 bridgehead atoms. The van der Waals surface area contributed by atoms with E-state index in [4.69, 9.17) is 0 Å². The summed E-state index contributed by atoms with van der Waals surface area (Å²) in [5, 5.41) is 28.8. The van der Waals surface area contributed by atoms with Crippen LogP contribution in [0.1, 0.15) is 120 Å².